The molecule has 4 N–H and O–H groups in total. The molecule has 1 aliphatic rings. The van der Waals surface area contributed by atoms with Crippen LogP contribution in [0.3, 0.4) is 0 Å². The maximum absolute atomic E-state index is 13.4. The summed E-state index contributed by atoms with van der Waals surface area (Å²) in [6.07, 6.45) is 0.803. The maximum Gasteiger partial charge on any atom is 0.475 e. The van der Waals surface area contributed by atoms with Gasteiger partial charge in [0, 0.05) is 18.4 Å². The van der Waals surface area contributed by atoms with Crippen molar-refractivity contribution in [2.45, 2.75) is 51.6 Å². The second-order valence-electron chi connectivity index (χ2n) is 9.26. The quantitative estimate of drug-likeness (QED) is 0.401. The summed E-state index contributed by atoms with van der Waals surface area (Å²) in [6.45, 7) is 5.92. The van der Waals surface area contributed by atoms with E-state index in [4.69, 9.17) is 4.84 Å². The molecule has 2 aromatic carbocycles. The van der Waals surface area contributed by atoms with Crippen LogP contribution in [0.5, 0.6) is 0 Å². The van der Waals surface area contributed by atoms with Gasteiger partial charge in [-0.25, -0.2) is 0 Å². The summed E-state index contributed by atoms with van der Waals surface area (Å²) in [5.41, 5.74) is 1.57. The van der Waals surface area contributed by atoms with Crippen molar-refractivity contribution in [3.05, 3.63) is 71.3 Å². The topological polar surface area (TPSA) is 120 Å². The van der Waals surface area contributed by atoms with Gasteiger partial charge >= 0.3 is 7.12 Å². The van der Waals surface area contributed by atoms with Gasteiger partial charge in [0.2, 0.25) is 5.60 Å². The Balaban J connectivity index is 1.72. The fourth-order valence-electron chi connectivity index (χ4n) is 4.00. The van der Waals surface area contributed by atoms with Crippen molar-refractivity contribution in [3.63, 3.8) is 0 Å². The summed E-state index contributed by atoms with van der Waals surface area (Å²) in [5.74, 6) is -1.41. The molecule has 3 rings (SSSR count). The van der Waals surface area contributed by atoms with Crippen LogP contribution in [0.1, 0.15) is 48.2 Å². The van der Waals surface area contributed by atoms with E-state index in [2.05, 4.69) is 15.8 Å². The van der Waals surface area contributed by atoms with Gasteiger partial charge in [0.05, 0.1) is 18.2 Å². The van der Waals surface area contributed by atoms with Gasteiger partial charge in [-0.3, -0.25) is 9.59 Å². The number of benzene rings is 2. The number of hydrogen-bond acceptors (Lipinski definition) is 6. The monoisotopic (exact) mass is 465 g/mol. The van der Waals surface area contributed by atoms with Crippen LogP contribution in [0.25, 0.3) is 0 Å². The van der Waals surface area contributed by atoms with Crippen molar-refractivity contribution >= 4 is 24.6 Å². The van der Waals surface area contributed by atoms with Crippen LogP contribution in [-0.2, 0) is 16.1 Å². The fourth-order valence-corrected chi connectivity index (χ4v) is 4.00. The summed E-state index contributed by atoms with van der Waals surface area (Å²) < 4.78 is 0. The molecule has 2 atom stereocenters. The summed E-state index contributed by atoms with van der Waals surface area (Å²) in [6, 6.07) is 16.7. The zero-order valence-electron chi connectivity index (χ0n) is 19.8. The minimum absolute atomic E-state index is 0.134. The summed E-state index contributed by atoms with van der Waals surface area (Å²) in [7, 11) is -1.70. The third-order valence-electron chi connectivity index (χ3n) is 5.72. The molecule has 0 fully saturated rings. The van der Waals surface area contributed by atoms with Crippen LogP contribution in [-0.4, -0.2) is 52.8 Å². The Morgan fingerprint density at radius 3 is 2.53 bits per heavy atom. The van der Waals surface area contributed by atoms with Crippen molar-refractivity contribution < 1.29 is 24.5 Å². The lowest BCUT2D eigenvalue weighted by atomic mass is 9.74. The number of oxime groups is 1. The van der Waals surface area contributed by atoms with Crippen molar-refractivity contribution in [2.75, 3.05) is 6.54 Å². The van der Waals surface area contributed by atoms with Crippen LogP contribution >= 0.6 is 0 Å². The number of nitrogens with one attached hydrogen (secondary N) is 2. The van der Waals surface area contributed by atoms with Crippen LogP contribution in [0, 0.1) is 12.8 Å². The van der Waals surface area contributed by atoms with Crippen molar-refractivity contribution in [1.82, 2.24) is 10.6 Å². The van der Waals surface area contributed by atoms with Crippen LogP contribution in [0.15, 0.2) is 59.8 Å². The lowest BCUT2D eigenvalue weighted by Gasteiger charge is -2.29. The first-order chi connectivity index (χ1) is 16.2. The zero-order valence-corrected chi connectivity index (χ0v) is 19.8. The average molecular weight is 465 g/mol. The molecule has 1 heterocycles. The van der Waals surface area contributed by atoms with E-state index in [1.165, 1.54) is 0 Å². The second-order valence-corrected chi connectivity index (χ2v) is 9.26. The summed E-state index contributed by atoms with van der Waals surface area (Å²) in [5, 5.41) is 29.2. The highest BCUT2D eigenvalue weighted by atomic mass is 16.7. The largest absolute Gasteiger partial charge is 0.475 e. The van der Waals surface area contributed by atoms with E-state index in [1.54, 1.807) is 12.1 Å². The lowest BCUT2D eigenvalue weighted by Crippen LogP contribution is -2.56. The van der Waals surface area contributed by atoms with Gasteiger partial charge < -0.3 is 25.5 Å². The molecular formula is C25H32BN3O5. The first-order valence-corrected chi connectivity index (χ1v) is 11.5. The number of nitrogens with zero attached hydrogens (tertiary/aromatic N) is 1. The zero-order chi connectivity index (χ0) is 24.7. The highest BCUT2D eigenvalue weighted by Crippen LogP contribution is 2.29. The minimum atomic E-state index is -1.70. The predicted octanol–water partition coefficient (Wildman–Crippen LogP) is 2.03. The lowest BCUT2D eigenvalue weighted by molar-refractivity contribution is -0.144. The highest BCUT2D eigenvalue weighted by molar-refractivity contribution is 6.43. The smallest absolute Gasteiger partial charge is 0.426 e. The number of carbonyl (C=O) groups is 2. The van der Waals surface area contributed by atoms with E-state index in [1.807, 2.05) is 63.2 Å². The van der Waals surface area contributed by atoms with E-state index in [9.17, 15) is 19.6 Å². The van der Waals surface area contributed by atoms with E-state index in [-0.39, 0.29) is 31.2 Å². The highest BCUT2D eigenvalue weighted by Gasteiger charge is 2.48. The molecule has 9 heteroatoms. The molecule has 2 unspecified atom stereocenters. The standard InChI is InChI=1S/C25H32BN3O5/c1-17(2)12-22(26(32)33)28-24(31)25(14-19-9-5-4-6-10-19)15-21(29-34-25)16-27-23(30)20-11-7-8-18(3)13-20/h4-11,13,17,22,32-33H,12,14-16H2,1-3H3,(H,27,30)(H,28,31). The number of hydrogen-bond donors (Lipinski definition) is 4. The Morgan fingerprint density at radius 1 is 1.15 bits per heavy atom. The molecule has 1 aliphatic heterocycles. The van der Waals surface area contributed by atoms with Crippen LogP contribution in [0.2, 0.25) is 0 Å². The number of rotatable bonds is 10. The van der Waals surface area contributed by atoms with Gasteiger partial charge in [-0.15, -0.1) is 0 Å². The number of aryl methyl sites for hydroxylation is 1. The molecule has 0 saturated heterocycles. The summed E-state index contributed by atoms with van der Waals surface area (Å²) >= 11 is 0. The Kier molecular flexibility index (Phi) is 8.47. The normalized spacial score (nSPS) is 18.1. The molecule has 0 spiro atoms. The molecule has 0 bridgehead atoms. The second kappa shape index (κ2) is 11.3. The maximum atomic E-state index is 13.4. The molecule has 34 heavy (non-hydrogen) atoms. The Labute approximate surface area is 200 Å². The van der Waals surface area contributed by atoms with E-state index in [0.29, 0.717) is 17.7 Å². The Hall–Kier alpha value is -3.17. The van der Waals surface area contributed by atoms with Gasteiger partial charge in [0.15, 0.2) is 0 Å². The first-order valence-electron chi connectivity index (χ1n) is 11.5. The first kappa shape index (κ1) is 25.5. The molecule has 8 nitrogen and oxygen atoms in total. The van der Waals surface area contributed by atoms with Crippen molar-refractivity contribution in [2.24, 2.45) is 11.1 Å². The molecule has 0 radical (unpaired) electrons. The fraction of sp³-hybridized carbons (Fsp3) is 0.400. The molecule has 0 saturated carbocycles. The van der Waals surface area contributed by atoms with Gasteiger partial charge in [0.25, 0.3) is 11.8 Å². The van der Waals surface area contributed by atoms with Gasteiger partial charge in [-0.1, -0.05) is 67.0 Å². The number of amides is 2. The SMILES string of the molecule is Cc1cccc(C(=O)NCC2=NOC(Cc3ccccc3)(C(=O)NC(CC(C)C)B(O)O)C2)c1. The molecule has 0 aliphatic carbocycles. The van der Waals surface area contributed by atoms with Crippen LogP contribution in [0.4, 0.5) is 0 Å². The Morgan fingerprint density at radius 2 is 1.88 bits per heavy atom. The predicted molar refractivity (Wildman–Crippen MR) is 131 cm³/mol. The van der Waals surface area contributed by atoms with Crippen molar-refractivity contribution in [1.29, 1.82) is 0 Å². The minimum Gasteiger partial charge on any atom is -0.426 e. The average Bonchev–Trinajstić information content (AvgIpc) is 3.21. The third-order valence-corrected chi connectivity index (χ3v) is 5.72. The van der Waals surface area contributed by atoms with E-state index in [0.717, 1.165) is 11.1 Å². The van der Waals surface area contributed by atoms with Crippen molar-refractivity contribution in [3.8, 4) is 0 Å². The number of carbonyl (C=O) groups excluding carboxylic acids is 2. The van der Waals surface area contributed by atoms with E-state index >= 15 is 0 Å². The van der Waals surface area contributed by atoms with E-state index < -0.39 is 24.6 Å². The third kappa shape index (κ3) is 6.68. The van der Waals surface area contributed by atoms with Gasteiger partial charge in [0.1, 0.15) is 0 Å². The van der Waals surface area contributed by atoms with Gasteiger partial charge in [-0.05, 0) is 37.0 Å². The molecular weight excluding hydrogens is 433 g/mol. The molecule has 0 aromatic heterocycles. The molecule has 2 amide bonds. The molecule has 180 valence electrons. The Bertz CT molecular complexity index is 1030. The summed E-state index contributed by atoms with van der Waals surface area (Å²) in [4.78, 5) is 31.6. The van der Waals surface area contributed by atoms with Crippen LogP contribution < -0.4 is 10.6 Å². The molecule has 2 aromatic rings. The van der Waals surface area contributed by atoms with Gasteiger partial charge in [-0.2, -0.15) is 0 Å².